The van der Waals surface area contributed by atoms with Crippen LogP contribution in [0.3, 0.4) is 0 Å². The molecular weight excluding hydrogens is 313 g/mol. The van der Waals surface area contributed by atoms with Gasteiger partial charge >= 0.3 is 0 Å². The molecule has 1 aromatic carbocycles. The van der Waals surface area contributed by atoms with Crippen molar-refractivity contribution >= 4 is 28.6 Å². The average molecular weight is 325 g/mol. The van der Waals surface area contributed by atoms with Gasteiger partial charge in [-0.2, -0.15) is 0 Å². The number of rotatable bonds is 2. The third-order valence-corrected chi connectivity index (χ3v) is 3.05. The second kappa shape index (κ2) is 4.78. The molecule has 1 N–H and O–H groups in total. The van der Waals surface area contributed by atoms with Gasteiger partial charge in [-0.15, -0.1) is 0 Å². The summed E-state index contributed by atoms with van der Waals surface area (Å²) in [5.41, 5.74) is 4.60. The molecule has 2 rings (SSSR count). The highest BCUT2D eigenvalue weighted by atomic mass is 127. The van der Waals surface area contributed by atoms with Crippen LogP contribution < -0.4 is 3.53 Å². The van der Waals surface area contributed by atoms with Gasteiger partial charge in [-0.05, 0) is 43.2 Å². The van der Waals surface area contributed by atoms with E-state index in [1.165, 1.54) is 11.1 Å². The lowest BCUT2D eigenvalue weighted by Gasteiger charge is -2.10. The largest absolute Gasteiger partial charge is 0.328 e. The summed E-state index contributed by atoms with van der Waals surface area (Å²) in [6, 6.07) is 6.03. The molecule has 0 unspecified atom stereocenters. The lowest BCUT2D eigenvalue weighted by atomic mass is 10.0. The van der Waals surface area contributed by atoms with Crippen molar-refractivity contribution in [3.63, 3.8) is 0 Å². The maximum atomic E-state index is 4.29. The molecule has 0 amide bonds. The highest BCUT2D eigenvalue weighted by Crippen LogP contribution is 2.27. The molecule has 1 aromatic heterocycles. The van der Waals surface area contributed by atoms with Gasteiger partial charge in [-0.3, -0.25) is 0 Å². The van der Waals surface area contributed by atoms with Crippen LogP contribution in [0.1, 0.15) is 11.1 Å². The van der Waals surface area contributed by atoms with E-state index in [0.29, 0.717) is 0 Å². The SMILES string of the molecule is Cc1cc(NI)cc(C)c1-c1ncccn1. The highest BCUT2D eigenvalue weighted by molar-refractivity contribution is 14.1. The van der Waals surface area contributed by atoms with E-state index < -0.39 is 0 Å². The van der Waals surface area contributed by atoms with Gasteiger partial charge in [0, 0.05) is 23.6 Å². The summed E-state index contributed by atoms with van der Waals surface area (Å²) >= 11 is 2.13. The van der Waals surface area contributed by atoms with Gasteiger partial charge < -0.3 is 3.53 Å². The summed E-state index contributed by atoms with van der Waals surface area (Å²) in [6.45, 7) is 4.16. The number of anilines is 1. The first-order valence-corrected chi connectivity index (χ1v) is 6.05. The first kappa shape index (κ1) is 11.3. The van der Waals surface area contributed by atoms with E-state index in [-0.39, 0.29) is 0 Å². The Morgan fingerprint density at radius 3 is 2.12 bits per heavy atom. The molecule has 0 bridgehead atoms. The number of aromatic nitrogens is 2. The van der Waals surface area contributed by atoms with E-state index in [2.05, 4.69) is 62.3 Å². The van der Waals surface area contributed by atoms with Crippen molar-refractivity contribution in [2.45, 2.75) is 13.8 Å². The van der Waals surface area contributed by atoms with Crippen LogP contribution in [0.15, 0.2) is 30.6 Å². The van der Waals surface area contributed by atoms with Crippen molar-refractivity contribution in [3.8, 4) is 11.4 Å². The van der Waals surface area contributed by atoms with Crippen molar-refractivity contribution in [2.75, 3.05) is 3.53 Å². The van der Waals surface area contributed by atoms with Crippen molar-refractivity contribution in [1.82, 2.24) is 9.97 Å². The zero-order valence-corrected chi connectivity index (χ0v) is 11.3. The second-order valence-electron chi connectivity index (χ2n) is 3.65. The molecular formula is C12H12IN3. The number of aryl methyl sites for hydroxylation is 2. The summed E-state index contributed by atoms with van der Waals surface area (Å²) in [4.78, 5) is 8.59. The molecule has 2 aromatic rings. The smallest absolute Gasteiger partial charge is 0.159 e. The predicted molar refractivity (Wildman–Crippen MR) is 74.6 cm³/mol. The quantitative estimate of drug-likeness (QED) is 0.678. The molecule has 3 nitrogen and oxygen atoms in total. The molecule has 0 radical (unpaired) electrons. The fourth-order valence-corrected chi connectivity index (χ4v) is 2.11. The molecule has 0 aliphatic carbocycles. The van der Waals surface area contributed by atoms with Gasteiger partial charge in [0.25, 0.3) is 0 Å². The van der Waals surface area contributed by atoms with Gasteiger partial charge in [0.05, 0.1) is 22.9 Å². The van der Waals surface area contributed by atoms with Crippen LogP contribution in [0.4, 0.5) is 5.69 Å². The molecule has 0 atom stereocenters. The molecule has 0 fully saturated rings. The maximum Gasteiger partial charge on any atom is 0.159 e. The second-order valence-corrected chi connectivity index (χ2v) is 4.19. The minimum atomic E-state index is 0.789. The van der Waals surface area contributed by atoms with Crippen LogP contribution >= 0.6 is 22.9 Å². The molecule has 0 aliphatic heterocycles. The van der Waals surface area contributed by atoms with Crippen LogP contribution in [0.25, 0.3) is 11.4 Å². The number of benzene rings is 1. The first-order valence-electron chi connectivity index (χ1n) is 4.97. The molecule has 82 valence electrons. The number of nitrogens with zero attached hydrogens (tertiary/aromatic N) is 2. The highest BCUT2D eigenvalue weighted by Gasteiger charge is 2.09. The Balaban J connectivity index is 2.58. The van der Waals surface area contributed by atoms with Crippen LogP contribution in [0.2, 0.25) is 0 Å². The molecule has 0 spiro atoms. The first-order chi connectivity index (χ1) is 7.72. The summed E-state index contributed by atoms with van der Waals surface area (Å²) in [6.07, 6.45) is 3.54. The number of halogens is 1. The summed E-state index contributed by atoms with van der Waals surface area (Å²) in [5.74, 6) is 0.789. The van der Waals surface area contributed by atoms with Gasteiger partial charge in [0.1, 0.15) is 0 Å². The lowest BCUT2D eigenvalue weighted by molar-refractivity contribution is 1.16. The third kappa shape index (κ3) is 2.16. The average Bonchev–Trinajstić information content (AvgIpc) is 2.29. The summed E-state index contributed by atoms with van der Waals surface area (Å²) < 4.78 is 3.12. The van der Waals surface area contributed by atoms with Crippen LogP contribution in [0, 0.1) is 13.8 Å². The topological polar surface area (TPSA) is 37.8 Å². The van der Waals surface area contributed by atoms with Crippen LogP contribution in [-0.2, 0) is 0 Å². The van der Waals surface area contributed by atoms with Crippen molar-refractivity contribution in [3.05, 3.63) is 41.7 Å². The Labute approximate surface area is 109 Å². The molecule has 0 saturated heterocycles. The lowest BCUT2D eigenvalue weighted by Crippen LogP contribution is -1.94. The van der Waals surface area contributed by atoms with Gasteiger partial charge in [0.15, 0.2) is 5.82 Å². The molecule has 16 heavy (non-hydrogen) atoms. The minimum Gasteiger partial charge on any atom is -0.328 e. The van der Waals surface area contributed by atoms with Crippen LogP contribution in [-0.4, -0.2) is 9.97 Å². The molecule has 0 saturated carbocycles. The number of hydrogen-bond donors (Lipinski definition) is 1. The van der Waals surface area contributed by atoms with Gasteiger partial charge in [0.2, 0.25) is 0 Å². The third-order valence-electron chi connectivity index (χ3n) is 2.43. The molecule has 0 aliphatic rings. The Morgan fingerprint density at radius 2 is 1.62 bits per heavy atom. The Morgan fingerprint density at radius 1 is 1.06 bits per heavy atom. The molecule has 1 heterocycles. The Kier molecular flexibility index (Phi) is 3.38. The van der Waals surface area contributed by atoms with Crippen molar-refractivity contribution in [2.24, 2.45) is 0 Å². The summed E-state index contributed by atoms with van der Waals surface area (Å²) in [7, 11) is 0. The van der Waals surface area contributed by atoms with E-state index in [1.54, 1.807) is 12.4 Å². The zero-order chi connectivity index (χ0) is 11.5. The van der Waals surface area contributed by atoms with E-state index in [1.807, 2.05) is 6.07 Å². The zero-order valence-electron chi connectivity index (χ0n) is 9.16. The number of hydrogen-bond acceptors (Lipinski definition) is 3. The monoisotopic (exact) mass is 325 g/mol. The maximum absolute atomic E-state index is 4.29. The Hall–Kier alpha value is -1.17. The van der Waals surface area contributed by atoms with Gasteiger partial charge in [-0.1, -0.05) is 0 Å². The van der Waals surface area contributed by atoms with Gasteiger partial charge in [-0.25, -0.2) is 9.97 Å². The number of nitrogens with one attached hydrogen (secondary N) is 1. The fraction of sp³-hybridized carbons (Fsp3) is 0.167. The standard InChI is InChI=1S/C12H12IN3/c1-8-6-10(16-13)7-9(2)11(8)12-14-4-3-5-15-12/h3-7,16H,1-2H3. The van der Waals surface area contributed by atoms with E-state index in [9.17, 15) is 0 Å². The predicted octanol–water partition coefficient (Wildman–Crippen LogP) is 3.52. The van der Waals surface area contributed by atoms with E-state index >= 15 is 0 Å². The van der Waals surface area contributed by atoms with Crippen molar-refractivity contribution in [1.29, 1.82) is 0 Å². The van der Waals surface area contributed by atoms with Crippen molar-refractivity contribution < 1.29 is 0 Å². The van der Waals surface area contributed by atoms with Crippen LogP contribution in [0.5, 0.6) is 0 Å². The van der Waals surface area contributed by atoms with E-state index in [4.69, 9.17) is 0 Å². The summed E-state index contributed by atoms with van der Waals surface area (Å²) in [5, 5.41) is 0. The molecule has 4 heteroatoms. The normalized spacial score (nSPS) is 10.2. The van der Waals surface area contributed by atoms with E-state index in [0.717, 1.165) is 17.1 Å². The Bertz CT molecular complexity index is 474. The fourth-order valence-electron chi connectivity index (χ4n) is 1.80. The minimum absolute atomic E-state index is 0.789.